The van der Waals surface area contributed by atoms with Crippen molar-refractivity contribution < 1.29 is 66.2 Å². The Morgan fingerprint density at radius 2 is 1.00 bits per heavy atom. The molecule has 316 valence electrons. The normalized spacial score (nSPS) is 15.7. The Morgan fingerprint density at radius 3 is 1.42 bits per heavy atom. The summed E-state index contributed by atoms with van der Waals surface area (Å²) in [7, 11) is 1.34. The third kappa shape index (κ3) is 15.9. The van der Waals surface area contributed by atoms with Crippen LogP contribution in [0, 0.1) is 5.92 Å². The molecule has 0 saturated heterocycles. The molecule has 17 nitrogen and oxygen atoms in total. The minimum atomic E-state index is -4.68. The molecule has 0 radical (unpaired) electrons. The number of carbonyl (C=O) groups is 5. The molecule has 1 aliphatic carbocycles. The Kier molecular flexibility index (Phi) is 19.8. The molecular weight excluding hydrogens is 765 g/mol. The molecule has 2 aromatic carbocycles. The summed E-state index contributed by atoms with van der Waals surface area (Å²) < 4.78 is 49.0. The largest absolute Gasteiger partial charge is 0.472 e. The molecule has 2 unspecified atom stereocenters. The maximum Gasteiger partial charge on any atom is 0.472 e. The third-order valence-corrected chi connectivity index (χ3v) is 10.9. The van der Waals surface area contributed by atoms with Crippen molar-refractivity contribution in [3.8, 4) is 0 Å². The Hall–Kier alpha value is -4.22. The number of esters is 5. The number of phosphoric ester groups is 1. The first-order valence-electron chi connectivity index (χ1n) is 18.5. The number of methoxy groups -OCH3 is 5. The molecule has 57 heavy (non-hydrogen) atoms. The minimum absolute atomic E-state index is 0.00165. The van der Waals surface area contributed by atoms with Gasteiger partial charge in [0.25, 0.3) is 0 Å². The number of benzene rings is 2. The zero-order valence-electron chi connectivity index (χ0n) is 33.4. The van der Waals surface area contributed by atoms with E-state index in [0.717, 1.165) is 11.1 Å². The van der Waals surface area contributed by atoms with Gasteiger partial charge in [-0.1, -0.05) is 60.7 Å². The van der Waals surface area contributed by atoms with Crippen LogP contribution in [0.4, 0.5) is 0 Å². The molecule has 3 rings (SSSR count). The lowest BCUT2D eigenvalue weighted by Gasteiger charge is -2.41. The summed E-state index contributed by atoms with van der Waals surface area (Å²) in [5, 5.41) is 0. The van der Waals surface area contributed by atoms with E-state index in [1.807, 2.05) is 36.4 Å². The van der Waals surface area contributed by atoms with Gasteiger partial charge < -0.3 is 28.6 Å². The van der Waals surface area contributed by atoms with Gasteiger partial charge in [0.2, 0.25) is 0 Å². The van der Waals surface area contributed by atoms with Crippen LogP contribution < -0.4 is 0 Å². The highest BCUT2D eigenvalue weighted by Gasteiger charge is 2.41. The molecule has 1 aliphatic rings. The van der Waals surface area contributed by atoms with Crippen LogP contribution >= 0.6 is 7.82 Å². The highest BCUT2D eigenvalue weighted by Crippen LogP contribution is 2.51. The van der Waals surface area contributed by atoms with Crippen LogP contribution in [0.3, 0.4) is 0 Å². The zero-order chi connectivity index (χ0) is 41.8. The van der Waals surface area contributed by atoms with E-state index >= 15 is 0 Å². The number of phosphoric acid groups is 1. The van der Waals surface area contributed by atoms with Gasteiger partial charge in [0.15, 0.2) is 0 Å². The maximum atomic E-state index is 13.6. The Bertz CT molecular complexity index is 1550. The number of hydrogen-bond donors (Lipinski definition) is 1. The lowest BCUT2D eigenvalue weighted by Crippen LogP contribution is -2.47. The second-order valence-corrected chi connectivity index (χ2v) is 15.2. The molecule has 18 heteroatoms. The summed E-state index contributed by atoms with van der Waals surface area (Å²) in [4.78, 5) is 77.0. The summed E-state index contributed by atoms with van der Waals surface area (Å²) in [6, 6.07) is 20.3. The monoisotopic (exact) mass is 821 g/mol. The van der Waals surface area contributed by atoms with E-state index in [4.69, 9.17) is 32.7 Å². The van der Waals surface area contributed by atoms with Crippen molar-refractivity contribution in [3.63, 3.8) is 0 Å². The lowest BCUT2D eigenvalue weighted by molar-refractivity contribution is -0.148. The van der Waals surface area contributed by atoms with Gasteiger partial charge in [0, 0.05) is 37.5 Å². The standard InChI is InChI=1S/C39H56N3O14P/c1-50-34(43)24-40(20-21-41(25-35(44)51-2)26-36(45)52-3)22-30(23-42(27-37(46)53-4)28-38(47)54-5)29-55-57(48,49)56-33-16-18-39(19-17-33,31-12-8-6-9-13-31)32-14-10-7-11-15-32/h6-15,30,33H,16-29H2,1-5H3,(H,48,49). The van der Waals surface area contributed by atoms with Crippen LogP contribution in [0.5, 0.6) is 0 Å². The van der Waals surface area contributed by atoms with E-state index in [9.17, 15) is 33.4 Å². The summed E-state index contributed by atoms with van der Waals surface area (Å²) in [6.45, 7) is -1.70. The highest BCUT2D eigenvalue weighted by molar-refractivity contribution is 7.47. The topological polar surface area (TPSA) is 197 Å². The Morgan fingerprint density at radius 1 is 0.632 bits per heavy atom. The van der Waals surface area contributed by atoms with Gasteiger partial charge in [-0.15, -0.1) is 0 Å². The van der Waals surface area contributed by atoms with Crippen molar-refractivity contribution in [1.82, 2.24) is 14.7 Å². The second-order valence-electron chi connectivity index (χ2n) is 13.7. The summed E-state index contributed by atoms with van der Waals surface area (Å²) >= 11 is 0. The van der Waals surface area contributed by atoms with E-state index in [-0.39, 0.29) is 64.3 Å². The van der Waals surface area contributed by atoms with Crippen LogP contribution in [0.2, 0.25) is 0 Å². The number of rotatable bonds is 24. The quantitative estimate of drug-likeness (QED) is 0.0920. The van der Waals surface area contributed by atoms with Crippen LogP contribution in [-0.4, -0.2) is 157 Å². The van der Waals surface area contributed by atoms with Gasteiger partial charge in [-0.25, -0.2) is 4.57 Å². The van der Waals surface area contributed by atoms with Gasteiger partial charge >= 0.3 is 37.7 Å². The van der Waals surface area contributed by atoms with Crippen molar-refractivity contribution >= 4 is 37.7 Å². The first-order chi connectivity index (χ1) is 27.3. The van der Waals surface area contributed by atoms with Crippen LogP contribution in [0.25, 0.3) is 0 Å². The van der Waals surface area contributed by atoms with Crippen molar-refractivity contribution in [2.75, 3.05) is 101 Å². The van der Waals surface area contributed by atoms with E-state index < -0.39 is 56.3 Å². The average molecular weight is 822 g/mol. The summed E-state index contributed by atoms with van der Waals surface area (Å²) in [5.41, 5.74) is 2.00. The highest BCUT2D eigenvalue weighted by atomic mass is 31.2. The molecule has 0 amide bonds. The van der Waals surface area contributed by atoms with E-state index in [1.54, 1.807) is 4.90 Å². The molecule has 0 spiro atoms. The lowest BCUT2D eigenvalue weighted by atomic mass is 9.65. The molecule has 1 saturated carbocycles. The number of hydrogen-bond acceptors (Lipinski definition) is 16. The predicted octanol–water partition coefficient (Wildman–Crippen LogP) is 2.44. The number of ether oxygens (including phenoxy) is 5. The smallest absolute Gasteiger partial charge is 0.468 e. The molecule has 0 aromatic heterocycles. The fourth-order valence-corrected chi connectivity index (χ4v) is 7.96. The van der Waals surface area contributed by atoms with Crippen molar-refractivity contribution in [1.29, 1.82) is 0 Å². The van der Waals surface area contributed by atoms with Crippen molar-refractivity contribution in [2.24, 2.45) is 5.92 Å². The maximum absolute atomic E-state index is 13.6. The van der Waals surface area contributed by atoms with Crippen molar-refractivity contribution in [2.45, 2.75) is 37.2 Å². The summed E-state index contributed by atoms with van der Waals surface area (Å²) in [6.07, 6.45) is 1.70. The minimum Gasteiger partial charge on any atom is -0.468 e. The molecule has 0 heterocycles. The van der Waals surface area contributed by atoms with E-state index in [1.165, 1.54) is 45.3 Å². The van der Waals surface area contributed by atoms with Crippen LogP contribution in [-0.2, 0) is 66.7 Å². The second kappa shape index (κ2) is 23.9. The zero-order valence-corrected chi connectivity index (χ0v) is 34.3. The first-order valence-corrected chi connectivity index (χ1v) is 20.0. The van der Waals surface area contributed by atoms with Crippen molar-refractivity contribution in [3.05, 3.63) is 71.8 Å². The van der Waals surface area contributed by atoms with Gasteiger partial charge in [0.1, 0.15) is 0 Å². The molecule has 1 fully saturated rings. The van der Waals surface area contributed by atoms with Gasteiger partial charge in [-0.05, 0) is 36.8 Å². The molecule has 1 N–H and O–H groups in total. The SMILES string of the molecule is COC(=O)CN(CCN(CC(=O)OC)CC(COP(=O)(O)OC1CCC(c2ccccc2)(c2ccccc2)CC1)CN(CC(=O)OC)CC(=O)OC)CC(=O)OC. The fraction of sp³-hybridized carbons (Fsp3) is 0.564. The van der Waals surface area contributed by atoms with E-state index in [0.29, 0.717) is 25.7 Å². The van der Waals surface area contributed by atoms with Gasteiger partial charge in [-0.3, -0.25) is 47.7 Å². The Balaban J connectivity index is 1.82. The molecular formula is C39H56N3O14P. The molecule has 0 aliphatic heterocycles. The predicted molar refractivity (Wildman–Crippen MR) is 206 cm³/mol. The Labute approximate surface area is 334 Å². The first kappa shape index (κ1) is 47.2. The van der Waals surface area contributed by atoms with Gasteiger partial charge in [0.05, 0.1) is 81.0 Å². The summed E-state index contributed by atoms with van der Waals surface area (Å²) in [5.74, 6) is -3.86. The molecule has 2 aromatic rings. The van der Waals surface area contributed by atoms with E-state index in [2.05, 4.69) is 24.3 Å². The number of carbonyl (C=O) groups excluding carboxylic acids is 5. The average Bonchev–Trinajstić information content (AvgIpc) is 3.22. The molecule has 2 atom stereocenters. The van der Waals surface area contributed by atoms with Crippen LogP contribution in [0.15, 0.2) is 60.7 Å². The number of nitrogens with zero attached hydrogens (tertiary/aromatic N) is 3. The third-order valence-electron chi connectivity index (χ3n) is 9.86. The van der Waals surface area contributed by atoms with Gasteiger partial charge in [-0.2, -0.15) is 0 Å². The fourth-order valence-electron chi connectivity index (χ4n) is 6.91. The molecule has 0 bridgehead atoms. The van der Waals surface area contributed by atoms with Crippen LogP contribution in [0.1, 0.15) is 36.8 Å².